The van der Waals surface area contributed by atoms with E-state index < -0.39 is 5.60 Å². The molecule has 0 atom stereocenters. The van der Waals surface area contributed by atoms with Crippen molar-refractivity contribution in [3.63, 3.8) is 0 Å². The smallest absolute Gasteiger partial charge is 0.408 e. The Morgan fingerprint density at radius 2 is 2.04 bits per heavy atom. The van der Waals surface area contributed by atoms with Gasteiger partial charge in [-0.2, -0.15) is 5.26 Å². The van der Waals surface area contributed by atoms with Crippen LogP contribution >= 0.6 is 15.9 Å². The fourth-order valence-electron chi connectivity index (χ4n) is 2.68. The number of ether oxygens (including phenoxy) is 1. The fraction of sp³-hybridized carbons (Fsp3) is 0.667. The van der Waals surface area contributed by atoms with Crippen molar-refractivity contribution in [2.45, 2.75) is 65.0 Å². The number of halogens is 1. The van der Waals surface area contributed by atoms with Gasteiger partial charge in [0.1, 0.15) is 11.7 Å². The summed E-state index contributed by atoms with van der Waals surface area (Å²) in [7, 11) is 0. The molecule has 142 valence electrons. The molecule has 0 spiro atoms. The van der Waals surface area contributed by atoms with E-state index in [2.05, 4.69) is 37.3 Å². The second-order valence-corrected chi connectivity index (χ2v) is 8.35. The summed E-state index contributed by atoms with van der Waals surface area (Å²) in [5, 5.41) is 12.2. The lowest BCUT2D eigenvalue weighted by Gasteiger charge is -2.40. The molecule has 1 N–H and O–H groups in total. The highest BCUT2D eigenvalue weighted by atomic mass is 79.9. The maximum Gasteiger partial charge on any atom is 0.408 e. The average Bonchev–Trinajstić information content (AvgIpc) is 2.57. The third-order valence-corrected chi connectivity index (χ3v) is 5.83. The summed E-state index contributed by atoms with van der Waals surface area (Å²) in [5.74, 6) is 0.555. The zero-order chi connectivity index (χ0) is 19.5. The van der Waals surface area contributed by atoms with Crippen molar-refractivity contribution in [1.29, 1.82) is 5.26 Å². The summed E-state index contributed by atoms with van der Waals surface area (Å²) in [6.07, 6.45) is 1.87. The Morgan fingerprint density at radius 1 is 1.42 bits per heavy atom. The maximum atomic E-state index is 12.2. The van der Waals surface area contributed by atoms with Crippen molar-refractivity contribution in [3.8, 4) is 6.07 Å². The average molecular weight is 424 g/mol. The highest BCUT2D eigenvalue weighted by molar-refractivity contribution is 9.10. The molecular weight excluding hydrogens is 398 g/mol. The van der Waals surface area contributed by atoms with Crippen LogP contribution in [0.5, 0.6) is 0 Å². The topological polar surface area (TPSA) is 91.1 Å². The van der Waals surface area contributed by atoms with Crippen molar-refractivity contribution in [2.75, 3.05) is 18.0 Å². The van der Waals surface area contributed by atoms with E-state index in [1.807, 2.05) is 39.5 Å². The summed E-state index contributed by atoms with van der Waals surface area (Å²) < 4.78 is 6.13. The van der Waals surface area contributed by atoms with E-state index in [0.717, 1.165) is 25.0 Å². The van der Waals surface area contributed by atoms with E-state index in [0.29, 0.717) is 29.2 Å². The molecule has 0 aromatic carbocycles. The van der Waals surface area contributed by atoms with Crippen molar-refractivity contribution in [1.82, 2.24) is 15.3 Å². The van der Waals surface area contributed by atoms with E-state index >= 15 is 0 Å². The van der Waals surface area contributed by atoms with Gasteiger partial charge in [-0.15, -0.1) is 0 Å². The molecule has 1 aliphatic heterocycles. The number of amides is 1. The van der Waals surface area contributed by atoms with Crippen LogP contribution in [0.15, 0.2) is 4.47 Å². The summed E-state index contributed by atoms with van der Waals surface area (Å²) in [6.45, 7) is 11.0. The number of anilines is 1. The molecule has 8 heteroatoms. The van der Waals surface area contributed by atoms with Crippen molar-refractivity contribution >= 4 is 28.0 Å². The lowest BCUT2D eigenvalue weighted by molar-refractivity contribution is 0.0295. The summed E-state index contributed by atoms with van der Waals surface area (Å²) in [6, 6.07) is 2.09. The maximum absolute atomic E-state index is 12.2. The third kappa shape index (κ3) is 4.85. The SMILES string of the molecule is CCC(C)(C)OC(=O)NC1(C)CCN(c2nc(C)c(Br)c(C#N)n2)CC1. The van der Waals surface area contributed by atoms with Gasteiger partial charge in [-0.3, -0.25) is 0 Å². The number of hydrogen-bond donors (Lipinski definition) is 1. The second kappa shape index (κ2) is 7.78. The number of aryl methyl sites for hydroxylation is 1. The molecule has 1 aliphatic rings. The number of alkyl carbamates (subject to hydrolysis) is 1. The number of piperidine rings is 1. The minimum atomic E-state index is -0.475. The molecule has 0 saturated carbocycles. The van der Waals surface area contributed by atoms with Gasteiger partial charge >= 0.3 is 6.09 Å². The lowest BCUT2D eigenvalue weighted by Crippen LogP contribution is -2.54. The van der Waals surface area contributed by atoms with Crippen LogP contribution in [0, 0.1) is 18.3 Å². The predicted octanol–water partition coefficient (Wildman–Crippen LogP) is 3.69. The van der Waals surface area contributed by atoms with Gasteiger partial charge in [0.25, 0.3) is 0 Å². The molecule has 2 heterocycles. The highest BCUT2D eigenvalue weighted by Crippen LogP contribution is 2.27. The Bertz CT molecular complexity index is 721. The van der Waals surface area contributed by atoms with E-state index in [9.17, 15) is 10.1 Å². The summed E-state index contributed by atoms with van der Waals surface area (Å²) in [4.78, 5) is 23.1. The first kappa shape index (κ1) is 20.4. The molecule has 1 saturated heterocycles. The molecule has 1 fully saturated rings. The van der Waals surface area contributed by atoms with Gasteiger partial charge in [0.05, 0.1) is 10.2 Å². The van der Waals surface area contributed by atoms with Crippen LogP contribution in [-0.2, 0) is 4.74 Å². The van der Waals surface area contributed by atoms with Gasteiger partial charge in [-0.1, -0.05) is 6.92 Å². The summed E-state index contributed by atoms with van der Waals surface area (Å²) >= 11 is 3.35. The number of carbonyl (C=O) groups excluding carboxylic acids is 1. The van der Waals surface area contributed by atoms with Gasteiger partial charge in [0.2, 0.25) is 5.95 Å². The molecule has 0 aliphatic carbocycles. The standard InChI is InChI=1S/C18H26BrN5O2/c1-6-17(3,4)26-16(25)23-18(5)7-9-24(10-8-18)15-21-12(2)14(19)13(11-20)22-15/h6-10H2,1-5H3,(H,23,25). The van der Waals surface area contributed by atoms with Crippen LogP contribution in [0.2, 0.25) is 0 Å². The van der Waals surface area contributed by atoms with E-state index in [-0.39, 0.29) is 11.6 Å². The van der Waals surface area contributed by atoms with Crippen molar-refractivity contribution in [2.24, 2.45) is 0 Å². The first-order chi connectivity index (χ1) is 12.1. The molecule has 0 radical (unpaired) electrons. The number of carbonyl (C=O) groups is 1. The number of rotatable bonds is 4. The molecule has 0 bridgehead atoms. The minimum absolute atomic E-state index is 0.333. The molecule has 7 nitrogen and oxygen atoms in total. The van der Waals surface area contributed by atoms with Crippen LogP contribution in [0.4, 0.5) is 10.7 Å². The fourth-order valence-corrected chi connectivity index (χ4v) is 2.95. The molecule has 0 unspecified atom stereocenters. The Hall–Kier alpha value is -1.88. The van der Waals surface area contributed by atoms with Crippen LogP contribution in [0.3, 0.4) is 0 Å². The van der Waals surface area contributed by atoms with Crippen LogP contribution < -0.4 is 10.2 Å². The Balaban J connectivity index is 2.01. The van der Waals surface area contributed by atoms with Gasteiger partial charge in [-0.25, -0.2) is 14.8 Å². The number of hydrogen-bond acceptors (Lipinski definition) is 6. The largest absolute Gasteiger partial charge is 0.444 e. The summed E-state index contributed by atoms with van der Waals surface area (Å²) in [5.41, 5.74) is 0.269. The predicted molar refractivity (Wildman–Crippen MR) is 103 cm³/mol. The Labute approximate surface area is 163 Å². The van der Waals surface area contributed by atoms with Gasteiger partial charge in [0.15, 0.2) is 5.69 Å². The molecule has 1 amide bonds. The molecule has 1 aromatic rings. The van der Waals surface area contributed by atoms with Crippen LogP contribution in [0.1, 0.15) is 58.3 Å². The van der Waals surface area contributed by atoms with Crippen molar-refractivity contribution in [3.05, 3.63) is 15.9 Å². The number of nitrogens with one attached hydrogen (secondary N) is 1. The quantitative estimate of drug-likeness (QED) is 0.793. The van der Waals surface area contributed by atoms with Crippen LogP contribution in [-0.4, -0.2) is 40.3 Å². The Morgan fingerprint density at radius 3 is 2.58 bits per heavy atom. The van der Waals surface area contributed by atoms with Gasteiger partial charge in [-0.05, 0) is 62.9 Å². The molecular formula is C18H26BrN5O2. The van der Waals surface area contributed by atoms with Gasteiger partial charge < -0.3 is 15.0 Å². The van der Waals surface area contributed by atoms with E-state index in [1.54, 1.807) is 0 Å². The minimum Gasteiger partial charge on any atom is -0.444 e. The van der Waals surface area contributed by atoms with Crippen LogP contribution in [0.25, 0.3) is 0 Å². The lowest BCUT2D eigenvalue weighted by atomic mass is 9.90. The first-order valence-corrected chi connectivity index (χ1v) is 9.59. The number of nitriles is 1. The van der Waals surface area contributed by atoms with E-state index in [4.69, 9.17) is 4.74 Å². The second-order valence-electron chi connectivity index (χ2n) is 7.56. The monoisotopic (exact) mass is 423 g/mol. The number of aromatic nitrogens is 2. The number of nitrogens with zero attached hydrogens (tertiary/aromatic N) is 4. The molecule has 26 heavy (non-hydrogen) atoms. The first-order valence-electron chi connectivity index (χ1n) is 8.79. The van der Waals surface area contributed by atoms with Crippen molar-refractivity contribution < 1.29 is 9.53 Å². The van der Waals surface area contributed by atoms with Gasteiger partial charge in [0, 0.05) is 18.6 Å². The highest BCUT2D eigenvalue weighted by Gasteiger charge is 2.34. The molecule has 1 aromatic heterocycles. The zero-order valence-electron chi connectivity index (χ0n) is 16.0. The molecule has 2 rings (SSSR count). The zero-order valence-corrected chi connectivity index (χ0v) is 17.6. The Kier molecular flexibility index (Phi) is 6.12. The van der Waals surface area contributed by atoms with E-state index in [1.165, 1.54) is 0 Å². The third-order valence-electron chi connectivity index (χ3n) is 4.89. The normalized spacial score (nSPS) is 16.7.